The minimum atomic E-state index is -4.62. The van der Waals surface area contributed by atoms with Gasteiger partial charge >= 0.3 is 6.18 Å². The molecule has 0 bridgehead atoms. The Morgan fingerprint density at radius 2 is 2.00 bits per heavy atom. The van der Waals surface area contributed by atoms with Crippen molar-refractivity contribution in [3.8, 4) is 0 Å². The summed E-state index contributed by atoms with van der Waals surface area (Å²) < 4.78 is 41.8. The van der Waals surface area contributed by atoms with Crippen molar-refractivity contribution in [2.45, 2.75) is 50.4 Å². The highest BCUT2D eigenvalue weighted by Gasteiger charge is 2.47. The standard InChI is InChI=1S/C24H29F3N4O/c1-23(2)18-7-5-4-6-15(18)12-20(23)30-17-8-9-19(29-14-17)21(24(25,26)27)31(3)22(32)16-10-11-28-13-16/h4-9,14,16,20-21,28,30H,10-13H2,1-3H3/t16-,20-,21?/m0/s1. The second-order valence-electron chi connectivity index (χ2n) is 9.33. The van der Waals surface area contributed by atoms with Crippen molar-refractivity contribution in [3.05, 3.63) is 59.4 Å². The lowest BCUT2D eigenvalue weighted by Crippen LogP contribution is -2.43. The van der Waals surface area contributed by atoms with Crippen molar-refractivity contribution in [2.75, 3.05) is 25.5 Å². The molecule has 1 aromatic heterocycles. The fourth-order valence-electron chi connectivity index (χ4n) is 4.94. The molecular weight excluding hydrogens is 417 g/mol. The van der Waals surface area contributed by atoms with Gasteiger partial charge in [0.25, 0.3) is 0 Å². The van der Waals surface area contributed by atoms with Gasteiger partial charge in [0, 0.05) is 25.0 Å². The third kappa shape index (κ3) is 4.20. The van der Waals surface area contributed by atoms with Gasteiger partial charge in [0.2, 0.25) is 5.91 Å². The molecule has 0 saturated carbocycles. The summed E-state index contributed by atoms with van der Waals surface area (Å²) in [5.41, 5.74) is 2.92. The van der Waals surface area contributed by atoms with Crippen molar-refractivity contribution in [1.29, 1.82) is 0 Å². The van der Waals surface area contributed by atoms with E-state index in [1.807, 2.05) is 12.1 Å². The highest BCUT2D eigenvalue weighted by molar-refractivity contribution is 5.79. The van der Waals surface area contributed by atoms with E-state index in [-0.39, 0.29) is 17.2 Å². The number of halogens is 3. The lowest BCUT2D eigenvalue weighted by molar-refractivity contribution is -0.191. The molecular formula is C24H29F3N4O. The largest absolute Gasteiger partial charge is 0.414 e. The van der Waals surface area contributed by atoms with Crippen molar-refractivity contribution < 1.29 is 18.0 Å². The predicted octanol–water partition coefficient (Wildman–Crippen LogP) is 4.07. The highest BCUT2D eigenvalue weighted by atomic mass is 19.4. The molecule has 3 atom stereocenters. The predicted molar refractivity (Wildman–Crippen MR) is 117 cm³/mol. The van der Waals surface area contributed by atoms with Crippen LogP contribution >= 0.6 is 0 Å². The summed E-state index contributed by atoms with van der Waals surface area (Å²) in [4.78, 5) is 17.5. The first-order valence-electron chi connectivity index (χ1n) is 10.9. The van der Waals surface area contributed by atoms with E-state index in [2.05, 4.69) is 41.6 Å². The smallest absolute Gasteiger partial charge is 0.380 e. The molecule has 1 fully saturated rings. The fraction of sp³-hybridized carbons (Fsp3) is 0.500. The normalized spacial score (nSPS) is 22.9. The first kappa shape index (κ1) is 22.6. The van der Waals surface area contributed by atoms with Gasteiger partial charge in [-0.25, -0.2) is 0 Å². The number of rotatable bonds is 5. The molecule has 8 heteroatoms. The number of nitrogens with zero attached hydrogens (tertiary/aromatic N) is 2. The lowest BCUT2D eigenvalue weighted by Gasteiger charge is -2.32. The van der Waals surface area contributed by atoms with Crippen molar-refractivity contribution >= 4 is 11.6 Å². The summed E-state index contributed by atoms with van der Waals surface area (Å²) in [7, 11) is 1.21. The molecule has 0 spiro atoms. The number of fused-ring (bicyclic) bond motifs is 1. The van der Waals surface area contributed by atoms with Gasteiger partial charge in [0.15, 0.2) is 6.04 Å². The van der Waals surface area contributed by atoms with Crippen LogP contribution in [0.5, 0.6) is 0 Å². The Labute approximate surface area is 186 Å². The maximum absolute atomic E-state index is 13.9. The molecule has 2 heterocycles. The molecule has 1 saturated heterocycles. The Hall–Kier alpha value is -2.61. The van der Waals surface area contributed by atoms with Crippen LogP contribution in [-0.2, 0) is 16.6 Å². The van der Waals surface area contributed by atoms with Crippen LogP contribution in [0.1, 0.15) is 43.1 Å². The summed E-state index contributed by atoms with van der Waals surface area (Å²) >= 11 is 0. The van der Waals surface area contributed by atoms with Crippen LogP contribution in [0.15, 0.2) is 42.6 Å². The van der Waals surface area contributed by atoms with Gasteiger partial charge in [0.05, 0.1) is 23.5 Å². The van der Waals surface area contributed by atoms with Gasteiger partial charge in [-0.15, -0.1) is 0 Å². The minimum Gasteiger partial charge on any atom is -0.380 e. The first-order valence-corrected chi connectivity index (χ1v) is 10.9. The van der Waals surface area contributed by atoms with E-state index in [0.29, 0.717) is 25.2 Å². The number of anilines is 1. The Morgan fingerprint density at radius 3 is 2.59 bits per heavy atom. The molecule has 2 aliphatic rings. The van der Waals surface area contributed by atoms with E-state index in [1.54, 1.807) is 6.07 Å². The number of carbonyl (C=O) groups excluding carboxylic acids is 1. The second-order valence-corrected chi connectivity index (χ2v) is 9.33. The minimum absolute atomic E-state index is 0.102. The fourth-order valence-corrected chi connectivity index (χ4v) is 4.94. The van der Waals surface area contributed by atoms with Crippen LogP contribution in [0.3, 0.4) is 0 Å². The van der Waals surface area contributed by atoms with E-state index in [4.69, 9.17) is 0 Å². The summed E-state index contributed by atoms with van der Waals surface area (Å²) in [5.74, 6) is -0.941. The van der Waals surface area contributed by atoms with Crippen LogP contribution in [0.4, 0.5) is 18.9 Å². The number of benzene rings is 1. The van der Waals surface area contributed by atoms with Crippen LogP contribution in [0, 0.1) is 5.92 Å². The number of amides is 1. The third-order valence-corrected chi connectivity index (χ3v) is 6.87. The molecule has 1 aromatic carbocycles. The number of aromatic nitrogens is 1. The number of pyridine rings is 1. The molecule has 1 aliphatic carbocycles. The number of nitrogens with one attached hydrogen (secondary N) is 2. The van der Waals surface area contributed by atoms with E-state index in [0.717, 1.165) is 11.3 Å². The monoisotopic (exact) mass is 446 g/mol. The van der Waals surface area contributed by atoms with E-state index in [1.165, 1.54) is 30.4 Å². The Bertz CT molecular complexity index is 968. The Balaban J connectivity index is 1.52. The van der Waals surface area contributed by atoms with Crippen molar-refractivity contribution in [2.24, 2.45) is 5.92 Å². The number of carbonyl (C=O) groups is 1. The molecule has 1 amide bonds. The quantitative estimate of drug-likeness (QED) is 0.727. The van der Waals surface area contributed by atoms with E-state index in [9.17, 15) is 18.0 Å². The number of hydrogen-bond donors (Lipinski definition) is 2. The van der Waals surface area contributed by atoms with Crippen LogP contribution in [-0.4, -0.2) is 48.1 Å². The van der Waals surface area contributed by atoms with Gasteiger partial charge in [-0.3, -0.25) is 9.78 Å². The molecule has 2 aromatic rings. The molecule has 32 heavy (non-hydrogen) atoms. The maximum Gasteiger partial charge on any atom is 0.414 e. The lowest BCUT2D eigenvalue weighted by atomic mass is 9.83. The molecule has 172 valence electrons. The first-order chi connectivity index (χ1) is 15.1. The molecule has 4 rings (SSSR count). The zero-order valence-corrected chi connectivity index (χ0v) is 18.5. The van der Waals surface area contributed by atoms with Crippen LogP contribution in [0.25, 0.3) is 0 Å². The van der Waals surface area contributed by atoms with Crippen LogP contribution in [0.2, 0.25) is 0 Å². The zero-order valence-electron chi connectivity index (χ0n) is 18.5. The second kappa shape index (κ2) is 8.39. The molecule has 0 radical (unpaired) electrons. The van der Waals surface area contributed by atoms with Gasteiger partial charge in [-0.2, -0.15) is 13.2 Å². The van der Waals surface area contributed by atoms with Crippen LogP contribution < -0.4 is 10.6 Å². The van der Waals surface area contributed by atoms with Gasteiger partial charge in [-0.1, -0.05) is 38.1 Å². The van der Waals surface area contributed by atoms with Gasteiger partial charge in [0.1, 0.15) is 0 Å². The summed E-state index contributed by atoms with van der Waals surface area (Å²) in [6, 6.07) is 9.30. The Kier molecular flexibility index (Phi) is 5.92. The van der Waals surface area contributed by atoms with Gasteiger partial charge in [-0.05, 0) is 42.6 Å². The number of alkyl halides is 3. The third-order valence-electron chi connectivity index (χ3n) is 6.87. The molecule has 2 N–H and O–H groups in total. The SMILES string of the molecule is CN(C(=O)[C@H]1CCNC1)C(c1ccc(N[C@H]2Cc3ccccc3C2(C)C)cn1)C(F)(F)F. The van der Waals surface area contributed by atoms with Gasteiger partial charge < -0.3 is 15.5 Å². The summed E-state index contributed by atoms with van der Waals surface area (Å²) in [6.45, 7) is 5.37. The van der Waals surface area contributed by atoms with Crippen molar-refractivity contribution in [1.82, 2.24) is 15.2 Å². The van der Waals surface area contributed by atoms with E-state index < -0.39 is 24.0 Å². The highest BCUT2D eigenvalue weighted by Crippen LogP contribution is 2.40. The molecule has 1 unspecified atom stereocenters. The molecule has 5 nitrogen and oxygen atoms in total. The summed E-state index contributed by atoms with van der Waals surface area (Å²) in [6.07, 6.45) is -1.80. The summed E-state index contributed by atoms with van der Waals surface area (Å²) in [5, 5.41) is 6.48. The Morgan fingerprint density at radius 1 is 1.25 bits per heavy atom. The number of hydrogen-bond acceptors (Lipinski definition) is 4. The molecule has 1 aliphatic heterocycles. The van der Waals surface area contributed by atoms with Crippen molar-refractivity contribution in [3.63, 3.8) is 0 Å². The van der Waals surface area contributed by atoms with E-state index >= 15 is 0 Å². The topological polar surface area (TPSA) is 57.3 Å². The zero-order chi connectivity index (χ0) is 23.1. The average molecular weight is 447 g/mol. The maximum atomic E-state index is 13.9. The average Bonchev–Trinajstić information content (AvgIpc) is 3.35.